The number of hydrogen-bond donors (Lipinski definition) is 1. The monoisotopic (exact) mass is 267 g/mol. The molecule has 0 saturated carbocycles. The van der Waals surface area contributed by atoms with E-state index < -0.39 is 6.10 Å². The van der Waals surface area contributed by atoms with Crippen LogP contribution in [-0.4, -0.2) is 30.9 Å². The molecule has 106 valence electrons. The Kier molecular flexibility index (Phi) is 4.77. The van der Waals surface area contributed by atoms with Crippen LogP contribution in [0.3, 0.4) is 0 Å². The highest BCUT2D eigenvalue weighted by Gasteiger charge is 2.24. The molecule has 1 aromatic rings. The maximum atomic E-state index is 14.1. The summed E-state index contributed by atoms with van der Waals surface area (Å²) in [5, 5.41) is 9.78. The van der Waals surface area contributed by atoms with Crippen LogP contribution < -0.4 is 4.90 Å². The van der Waals surface area contributed by atoms with Crippen molar-refractivity contribution in [3.05, 3.63) is 29.6 Å². The van der Waals surface area contributed by atoms with Gasteiger partial charge in [-0.3, -0.25) is 0 Å². The number of para-hydroxylation sites is 1. The number of piperidine rings is 1. The molecule has 2 rings (SSSR count). The number of ether oxygens (including phenoxy) is 1. The number of benzene rings is 1. The molecule has 1 heterocycles. The molecule has 0 aromatic heterocycles. The van der Waals surface area contributed by atoms with Gasteiger partial charge in [-0.1, -0.05) is 12.1 Å². The summed E-state index contributed by atoms with van der Waals surface area (Å²) in [4.78, 5) is 2.02. The van der Waals surface area contributed by atoms with Crippen LogP contribution >= 0.6 is 0 Å². The second-order valence-electron chi connectivity index (χ2n) is 5.00. The third-order valence-corrected chi connectivity index (χ3v) is 3.63. The number of aliphatic hydroxyl groups is 1. The van der Waals surface area contributed by atoms with Gasteiger partial charge < -0.3 is 14.7 Å². The van der Waals surface area contributed by atoms with Crippen LogP contribution in [-0.2, 0) is 4.74 Å². The van der Waals surface area contributed by atoms with E-state index in [1.807, 2.05) is 11.8 Å². The molecule has 0 spiro atoms. The summed E-state index contributed by atoms with van der Waals surface area (Å²) in [7, 11) is 0. The number of rotatable bonds is 4. The van der Waals surface area contributed by atoms with Gasteiger partial charge in [0.05, 0.1) is 17.9 Å². The zero-order valence-corrected chi connectivity index (χ0v) is 11.6. The lowest BCUT2D eigenvalue weighted by Gasteiger charge is -2.35. The molecule has 1 aliphatic rings. The summed E-state index contributed by atoms with van der Waals surface area (Å²) in [5.41, 5.74) is 1.21. The molecular weight excluding hydrogens is 245 g/mol. The largest absolute Gasteiger partial charge is 0.389 e. The third kappa shape index (κ3) is 3.25. The predicted molar refractivity (Wildman–Crippen MR) is 73.9 cm³/mol. The van der Waals surface area contributed by atoms with Crippen LogP contribution in [0.4, 0.5) is 10.1 Å². The fourth-order valence-electron chi connectivity index (χ4n) is 2.68. The van der Waals surface area contributed by atoms with Gasteiger partial charge in [0.15, 0.2) is 0 Å². The van der Waals surface area contributed by atoms with E-state index in [-0.39, 0.29) is 11.9 Å². The van der Waals surface area contributed by atoms with Crippen molar-refractivity contribution >= 4 is 5.69 Å². The summed E-state index contributed by atoms with van der Waals surface area (Å²) >= 11 is 0. The first-order chi connectivity index (χ1) is 9.13. The molecule has 1 fully saturated rings. The van der Waals surface area contributed by atoms with E-state index in [1.54, 1.807) is 19.1 Å². The summed E-state index contributed by atoms with van der Waals surface area (Å²) in [6.45, 7) is 5.93. The maximum absolute atomic E-state index is 14.1. The van der Waals surface area contributed by atoms with Gasteiger partial charge in [0.2, 0.25) is 0 Å². The van der Waals surface area contributed by atoms with Crippen LogP contribution in [0.5, 0.6) is 0 Å². The van der Waals surface area contributed by atoms with Crippen molar-refractivity contribution in [1.82, 2.24) is 0 Å². The highest BCUT2D eigenvalue weighted by atomic mass is 19.1. The van der Waals surface area contributed by atoms with E-state index in [2.05, 4.69) is 0 Å². The van der Waals surface area contributed by atoms with Crippen LogP contribution in [0.2, 0.25) is 0 Å². The van der Waals surface area contributed by atoms with Gasteiger partial charge in [0.1, 0.15) is 5.82 Å². The molecular formula is C15H22FNO2. The van der Waals surface area contributed by atoms with Crippen LogP contribution in [0.1, 0.15) is 38.4 Å². The number of anilines is 1. The van der Waals surface area contributed by atoms with E-state index in [1.165, 1.54) is 6.07 Å². The Bertz CT molecular complexity index is 415. The lowest BCUT2D eigenvalue weighted by Crippen LogP contribution is -2.38. The standard InChI is InChI=1S/C15H22FNO2/c1-3-19-12-7-9-17(10-8-12)15-13(11(2)18)5-4-6-14(15)16/h4-6,11-12,18H,3,7-10H2,1-2H3/t11-/m0/s1. The first-order valence-corrected chi connectivity index (χ1v) is 6.96. The summed E-state index contributed by atoms with van der Waals surface area (Å²) in [6, 6.07) is 4.89. The fraction of sp³-hybridized carbons (Fsp3) is 0.600. The molecule has 0 aliphatic carbocycles. The Balaban J connectivity index is 2.15. The van der Waals surface area contributed by atoms with E-state index in [4.69, 9.17) is 4.74 Å². The normalized spacial score (nSPS) is 18.6. The zero-order valence-electron chi connectivity index (χ0n) is 11.6. The van der Waals surface area contributed by atoms with Crippen molar-refractivity contribution in [2.24, 2.45) is 0 Å². The van der Waals surface area contributed by atoms with E-state index in [0.29, 0.717) is 11.3 Å². The van der Waals surface area contributed by atoms with Crippen molar-refractivity contribution in [3.63, 3.8) is 0 Å². The average Bonchev–Trinajstić information content (AvgIpc) is 2.40. The Hall–Kier alpha value is -1.13. The topological polar surface area (TPSA) is 32.7 Å². The van der Waals surface area contributed by atoms with Crippen LogP contribution in [0.15, 0.2) is 18.2 Å². The van der Waals surface area contributed by atoms with Gasteiger partial charge in [0, 0.05) is 25.3 Å². The van der Waals surface area contributed by atoms with E-state index in [9.17, 15) is 9.50 Å². The SMILES string of the molecule is CCOC1CCN(c2c(F)cccc2[C@H](C)O)CC1. The lowest BCUT2D eigenvalue weighted by molar-refractivity contribution is 0.0457. The minimum Gasteiger partial charge on any atom is -0.389 e. The fourth-order valence-corrected chi connectivity index (χ4v) is 2.68. The van der Waals surface area contributed by atoms with Crippen molar-refractivity contribution in [2.75, 3.05) is 24.6 Å². The molecule has 1 saturated heterocycles. The molecule has 0 unspecified atom stereocenters. The van der Waals surface area contributed by atoms with E-state index in [0.717, 1.165) is 32.5 Å². The molecule has 0 radical (unpaired) electrons. The van der Waals surface area contributed by atoms with Crippen molar-refractivity contribution in [3.8, 4) is 0 Å². The molecule has 1 aliphatic heterocycles. The van der Waals surface area contributed by atoms with E-state index >= 15 is 0 Å². The highest BCUT2D eigenvalue weighted by Crippen LogP contribution is 2.31. The number of nitrogens with zero attached hydrogens (tertiary/aromatic N) is 1. The van der Waals surface area contributed by atoms with Crippen molar-refractivity contribution < 1.29 is 14.2 Å². The average molecular weight is 267 g/mol. The minimum atomic E-state index is -0.657. The highest BCUT2D eigenvalue weighted by molar-refractivity contribution is 5.56. The molecule has 3 nitrogen and oxygen atoms in total. The van der Waals surface area contributed by atoms with Gasteiger partial charge in [0.25, 0.3) is 0 Å². The molecule has 4 heteroatoms. The quantitative estimate of drug-likeness (QED) is 0.910. The van der Waals surface area contributed by atoms with Crippen molar-refractivity contribution in [2.45, 2.75) is 38.9 Å². The number of aliphatic hydroxyl groups excluding tert-OH is 1. The number of hydrogen-bond acceptors (Lipinski definition) is 3. The number of halogens is 1. The minimum absolute atomic E-state index is 0.256. The van der Waals surface area contributed by atoms with Crippen molar-refractivity contribution in [1.29, 1.82) is 0 Å². The Morgan fingerprint density at radius 1 is 1.42 bits per heavy atom. The first kappa shape index (κ1) is 14.3. The smallest absolute Gasteiger partial charge is 0.146 e. The molecule has 19 heavy (non-hydrogen) atoms. The van der Waals surface area contributed by atoms with Gasteiger partial charge >= 0.3 is 0 Å². The molecule has 1 aromatic carbocycles. The van der Waals surface area contributed by atoms with Gasteiger partial charge in [-0.15, -0.1) is 0 Å². The third-order valence-electron chi connectivity index (χ3n) is 3.63. The van der Waals surface area contributed by atoms with Gasteiger partial charge in [-0.25, -0.2) is 4.39 Å². The van der Waals surface area contributed by atoms with Crippen LogP contribution in [0, 0.1) is 5.82 Å². The second-order valence-corrected chi connectivity index (χ2v) is 5.00. The first-order valence-electron chi connectivity index (χ1n) is 6.96. The maximum Gasteiger partial charge on any atom is 0.146 e. The second kappa shape index (κ2) is 6.35. The van der Waals surface area contributed by atoms with Gasteiger partial charge in [-0.05, 0) is 32.8 Å². The Morgan fingerprint density at radius 3 is 2.68 bits per heavy atom. The zero-order chi connectivity index (χ0) is 13.8. The summed E-state index contributed by atoms with van der Waals surface area (Å²) in [5.74, 6) is -0.256. The lowest BCUT2D eigenvalue weighted by atomic mass is 10.0. The Labute approximate surface area is 114 Å². The van der Waals surface area contributed by atoms with Gasteiger partial charge in [-0.2, -0.15) is 0 Å². The summed E-state index contributed by atoms with van der Waals surface area (Å²) in [6.07, 6.45) is 1.43. The molecule has 1 N–H and O–H groups in total. The van der Waals surface area contributed by atoms with Crippen LogP contribution in [0.25, 0.3) is 0 Å². The Morgan fingerprint density at radius 2 is 2.11 bits per heavy atom. The molecule has 0 amide bonds. The predicted octanol–water partition coefficient (Wildman–Crippen LogP) is 2.88. The molecule has 1 atom stereocenters. The molecule has 0 bridgehead atoms. The summed E-state index contributed by atoms with van der Waals surface area (Å²) < 4.78 is 19.7.